The molecule has 8 heteroatoms. The van der Waals surface area contributed by atoms with E-state index in [4.69, 9.17) is 15.2 Å². The Balaban J connectivity index is 0.000000177. The van der Waals surface area contributed by atoms with Gasteiger partial charge in [0.15, 0.2) is 0 Å². The Morgan fingerprint density at radius 2 is 1.68 bits per heavy atom. The molecule has 0 bridgehead atoms. The molecule has 0 radical (unpaired) electrons. The Kier molecular flexibility index (Phi) is 8.87. The van der Waals surface area contributed by atoms with E-state index in [1.807, 2.05) is 56.3 Å². The summed E-state index contributed by atoms with van der Waals surface area (Å²) in [5.41, 5.74) is 9.41. The molecule has 1 aliphatic heterocycles. The van der Waals surface area contributed by atoms with Gasteiger partial charge in [-0.1, -0.05) is 60.7 Å². The Labute approximate surface area is 224 Å². The molecule has 1 fully saturated rings. The summed E-state index contributed by atoms with van der Waals surface area (Å²) >= 11 is 0. The van der Waals surface area contributed by atoms with Gasteiger partial charge in [-0.2, -0.15) is 0 Å². The molecule has 5 rings (SSSR count). The number of primary amides is 1. The number of amides is 2. The van der Waals surface area contributed by atoms with Crippen LogP contribution in [0.4, 0.5) is 16.3 Å². The van der Waals surface area contributed by atoms with Crippen molar-refractivity contribution in [3.8, 4) is 17.3 Å². The molecule has 0 spiro atoms. The van der Waals surface area contributed by atoms with Crippen molar-refractivity contribution in [1.82, 2.24) is 9.78 Å². The van der Waals surface area contributed by atoms with Crippen LogP contribution in [0.5, 0.6) is 11.6 Å². The molecule has 1 unspecified atom stereocenters. The number of benzene rings is 3. The number of nitrogens with one attached hydrogen (secondary N) is 1. The topological polar surface area (TPSA) is 94.6 Å². The summed E-state index contributed by atoms with van der Waals surface area (Å²) < 4.78 is 12.5. The second-order valence-corrected chi connectivity index (χ2v) is 8.96. The van der Waals surface area contributed by atoms with Crippen molar-refractivity contribution in [3.63, 3.8) is 0 Å². The highest BCUT2D eigenvalue weighted by atomic mass is 16.5. The second kappa shape index (κ2) is 12.7. The average Bonchev–Trinajstić information content (AvgIpc) is 3.56. The molecule has 0 aliphatic carbocycles. The standard InChI is InChI=1S/C17H19NO.C13H16N4O2/c1-19-17-10-6-5-9-16(17)18-12-11-15(13-18)14-7-3-2-4-8-14;1-3-19-12-9(2)11(15-13(14)18)17(16-12)10-7-5-4-6-8-10/h2-10,15H,11-13H2,1H3;4-8H,3H2,1-2H3,(H3,14,15,18). The molecule has 3 N–H and O–H groups in total. The van der Waals surface area contributed by atoms with E-state index in [1.54, 1.807) is 11.8 Å². The van der Waals surface area contributed by atoms with Crippen molar-refractivity contribution in [1.29, 1.82) is 0 Å². The van der Waals surface area contributed by atoms with Gasteiger partial charge in [0, 0.05) is 19.0 Å². The van der Waals surface area contributed by atoms with Gasteiger partial charge in [0.2, 0.25) is 5.88 Å². The van der Waals surface area contributed by atoms with Gasteiger partial charge >= 0.3 is 6.03 Å². The number of rotatable bonds is 7. The maximum Gasteiger partial charge on any atom is 0.317 e. The number of para-hydroxylation sites is 3. The first-order valence-corrected chi connectivity index (χ1v) is 12.8. The number of nitrogens with two attached hydrogens (primary N) is 1. The number of anilines is 2. The van der Waals surface area contributed by atoms with Gasteiger partial charge in [-0.3, -0.25) is 5.32 Å². The molecule has 8 nitrogen and oxygen atoms in total. The molecular formula is C30H35N5O3. The van der Waals surface area contributed by atoms with E-state index in [1.165, 1.54) is 17.7 Å². The molecule has 38 heavy (non-hydrogen) atoms. The highest BCUT2D eigenvalue weighted by molar-refractivity contribution is 5.88. The van der Waals surface area contributed by atoms with Gasteiger partial charge in [-0.15, -0.1) is 5.10 Å². The van der Waals surface area contributed by atoms with Crippen LogP contribution >= 0.6 is 0 Å². The predicted octanol–water partition coefficient (Wildman–Crippen LogP) is 5.76. The minimum atomic E-state index is -0.636. The monoisotopic (exact) mass is 513 g/mol. The van der Waals surface area contributed by atoms with E-state index < -0.39 is 6.03 Å². The van der Waals surface area contributed by atoms with Crippen molar-refractivity contribution in [2.24, 2.45) is 5.73 Å². The molecular weight excluding hydrogens is 478 g/mol. The number of nitrogens with zero attached hydrogens (tertiary/aromatic N) is 3. The normalized spacial score (nSPS) is 14.4. The Bertz CT molecular complexity index is 1320. The van der Waals surface area contributed by atoms with Crippen molar-refractivity contribution >= 4 is 17.5 Å². The van der Waals surface area contributed by atoms with E-state index in [9.17, 15) is 4.79 Å². The predicted molar refractivity (Wildman–Crippen MR) is 152 cm³/mol. The molecule has 1 saturated heterocycles. The molecule has 2 amide bonds. The quantitative estimate of drug-likeness (QED) is 0.328. The highest BCUT2D eigenvalue weighted by Crippen LogP contribution is 2.35. The number of carbonyl (C=O) groups excluding carboxylic acids is 1. The van der Waals surface area contributed by atoms with Gasteiger partial charge in [0.05, 0.1) is 30.7 Å². The largest absolute Gasteiger partial charge is 0.495 e. The van der Waals surface area contributed by atoms with Crippen LogP contribution in [0.3, 0.4) is 0 Å². The summed E-state index contributed by atoms with van der Waals surface area (Å²) in [5, 5.41) is 6.93. The zero-order valence-electron chi connectivity index (χ0n) is 22.1. The Morgan fingerprint density at radius 1 is 1.03 bits per heavy atom. The van der Waals surface area contributed by atoms with Gasteiger partial charge in [-0.05, 0) is 50.1 Å². The third-order valence-electron chi connectivity index (χ3n) is 6.49. The maximum absolute atomic E-state index is 11.1. The number of ether oxygens (including phenoxy) is 2. The lowest BCUT2D eigenvalue weighted by Crippen LogP contribution is -2.21. The van der Waals surface area contributed by atoms with E-state index in [0.717, 1.165) is 30.1 Å². The van der Waals surface area contributed by atoms with Crippen LogP contribution in [0.25, 0.3) is 5.69 Å². The van der Waals surface area contributed by atoms with Crippen LogP contribution < -0.4 is 25.4 Å². The van der Waals surface area contributed by atoms with Crippen LogP contribution in [0.2, 0.25) is 0 Å². The lowest BCUT2D eigenvalue weighted by Gasteiger charge is -2.21. The number of hydrogen-bond acceptors (Lipinski definition) is 5. The van der Waals surface area contributed by atoms with Gasteiger partial charge in [0.25, 0.3) is 0 Å². The Hall–Kier alpha value is -4.46. The summed E-state index contributed by atoms with van der Waals surface area (Å²) in [4.78, 5) is 13.5. The molecule has 0 saturated carbocycles. The van der Waals surface area contributed by atoms with Crippen LogP contribution in [0.15, 0.2) is 84.9 Å². The fourth-order valence-corrected chi connectivity index (χ4v) is 4.64. The first-order chi connectivity index (χ1) is 18.5. The number of hydrogen-bond donors (Lipinski definition) is 2. The third-order valence-corrected chi connectivity index (χ3v) is 6.49. The Morgan fingerprint density at radius 3 is 2.34 bits per heavy atom. The third kappa shape index (κ3) is 6.26. The average molecular weight is 514 g/mol. The van der Waals surface area contributed by atoms with Crippen LogP contribution in [0.1, 0.15) is 30.4 Å². The summed E-state index contributed by atoms with van der Waals surface area (Å²) in [6, 6.07) is 27.9. The zero-order chi connectivity index (χ0) is 26.9. The zero-order valence-corrected chi connectivity index (χ0v) is 22.1. The minimum Gasteiger partial charge on any atom is -0.495 e. The fraction of sp³-hybridized carbons (Fsp3) is 0.267. The highest BCUT2D eigenvalue weighted by Gasteiger charge is 2.25. The van der Waals surface area contributed by atoms with Crippen LogP contribution in [-0.4, -0.2) is 42.6 Å². The lowest BCUT2D eigenvalue weighted by atomic mass is 9.99. The van der Waals surface area contributed by atoms with Gasteiger partial charge < -0.3 is 20.1 Å². The molecule has 198 valence electrons. The number of methoxy groups -OCH3 is 1. The van der Waals surface area contributed by atoms with E-state index >= 15 is 0 Å². The number of carbonyl (C=O) groups is 1. The smallest absolute Gasteiger partial charge is 0.317 e. The minimum absolute atomic E-state index is 0.482. The maximum atomic E-state index is 11.1. The first kappa shape index (κ1) is 26.6. The SMILES string of the molecule is CCOc1nn(-c2ccccc2)c(NC(N)=O)c1C.COc1ccccc1N1CCC(c2ccccc2)C1. The molecule has 1 atom stereocenters. The molecule has 2 heterocycles. The van der Waals surface area contributed by atoms with E-state index in [2.05, 4.69) is 57.8 Å². The summed E-state index contributed by atoms with van der Waals surface area (Å²) in [6.07, 6.45) is 1.21. The van der Waals surface area contributed by atoms with Gasteiger partial charge in [0.1, 0.15) is 11.6 Å². The fourth-order valence-electron chi connectivity index (χ4n) is 4.64. The summed E-state index contributed by atoms with van der Waals surface area (Å²) in [7, 11) is 1.74. The first-order valence-electron chi connectivity index (χ1n) is 12.8. The molecule has 3 aromatic carbocycles. The molecule has 1 aliphatic rings. The van der Waals surface area contributed by atoms with Crippen molar-refractivity contribution in [3.05, 3.63) is 96.1 Å². The van der Waals surface area contributed by atoms with E-state index in [-0.39, 0.29) is 0 Å². The molecule has 1 aromatic heterocycles. The van der Waals surface area contributed by atoms with E-state index in [0.29, 0.717) is 24.2 Å². The summed E-state index contributed by atoms with van der Waals surface area (Å²) in [5.74, 6) is 2.60. The summed E-state index contributed by atoms with van der Waals surface area (Å²) in [6.45, 7) is 6.37. The van der Waals surface area contributed by atoms with Crippen LogP contribution in [0, 0.1) is 6.92 Å². The lowest BCUT2D eigenvalue weighted by molar-refractivity contribution is 0.259. The van der Waals surface area contributed by atoms with Gasteiger partial charge in [-0.25, -0.2) is 9.48 Å². The van der Waals surface area contributed by atoms with Crippen molar-refractivity contribution in [2.75, 3.05) is 37.0 Å². The van der Waals surface area contributed by atoms with Crippen LogP contribution in [-0.2, 0) is 0 Å². The van der Waals surface area contributed by atoms with Crippen molar-refractivity contribution < 1.29 is 14.3 Å². The number of urea groups is 1. The second-order valence-electron chi connectivity index (χ2n) is 8.96. The number of aromatic nitrogens is 2. The van der Waals surface area contributed by atoms with Crippen molar-refractivity contribution in [2.45, 2.75) is 26.2 Å². The molecule has 4 aromatic rings.